The second-order valence-electron chi connectivity index (χ2n) is 5.60. The first-order chi connectivity index (χ1) is 10.7. The van der Waals surface area contributed by atoms with Crippen LogP contribution in [0.15, 0.2) is 30.6 Å². The lowest BCUT2D eigenvalue weighted by Gasteiger charge is -2.27. The number of pyridine rings is 1. The highest BCUT2D eigenvalue weighted by atomic mass is 16.3. The molecule has 22 heavy (non-hydrogen) atoms. The predicted octanol–water partition coefficient (Wildman–Crippen LogP) is 1.90. The van der Waals surface area contributed by atoms with Gasteiger partial charge in [-0.2, -0.15) is 5.10 Å². The van der Waals surface area contributed by atoms with Crippen LogP contribution in [0.1, 0.15) is 25.7 Å². The van der Waals surface area contributed by atoms with Crippen LogP contribution in [0.2, 0.25) is 0 Å². The van der Waals surface area contributed by atoms with Crippen molar-refractivity contribution in [1.82, 2.24) is 20.5 Å². The molecule has 2 aromatic heterocycles. The number of carbonyl (C=O) groups excluding carboxylic acids is 1. The van der Waals surface area contributed by atoms with Crippen molar-refractivity contribution in [3.05, 3.63) is 30.6 Å². The molecule has 2 amide bonds. The topological polar surface area (TPSA) is 103 Å². The number of urea groups is 1. The van der Waals surface area contributed by atoms with E-state index in [0.29, 0.717) is 17.1 Å². The molecule has 2 aromatic rings. The van der Waals surface area contributed by atoms with Crippen LogP contribution < -0.4 is 10.6 Å². The first-order valence-corrected chi connectivity index (χ1v) is 7.37. The second kappa shape index (κ2) is 6.15. The van der Waals surface area contributed by atoms with E-state index < -0.39 is 5.54 Å². The Bertz CT molecular complexity index is 634. The maximum absolute atomic E-state index is 12.2. The number of nitrogens with one attached hydrogen (secondary N) is 3. The fourth-order valence-electron chi connectivity index (χ4n) is 2.86. The van der Waals surface area contributed by atoms with Crippen molar-refractivity contribution < 1.29 is 9.90 Å². The standard InChI is InChI=1S/C15H19N5O2/c21-10-15(6-2-3-7-15)19-14(22)18-12-9-17-20-13(12)11-5-1-4-8-16-11/h1,4-5,8-9,21H,2-3,6-7,10H2,(H,17,20)(H2,18,19,22). The van der Waals surface area contributed by atoms with Gasteiger partial charge in [-0.15, -0.1) is 0 Å². The molecular weight excluding hydrogens is 282 g/mol. The summed E-state index contributed by atoms with van der Waals surface area (Å²) in [6, 6.07) is 5.19. The van der Waals surface area contributed by atoms with Gasteiger partial charge >= 0.3 is 6.03 Å². The zero-order chi connectivity index (χ0) is 15.4. The van der Waals surface area contributed by atoms with Crippen molar-refractivity contribution in [3.63, 3.8) is 0 Å². The number of carbonyl (C=O) groups is 1. The van der Waals surface area contributed by atoms with E-state index in [1.165, 1.54) is 0 Å². The summed E-state index contributed by atoms with van der Waals surface area (Å²) >= 11 is 0. The van der Waals surface area contributed by atoms with E-state index in [-0.39, 0.29) is 12.6 Å². The Balaban J connectivity index is 1.71. The summed E-state index contributed by atoms with van der Waals surface area (Å²) in [6.45, 7) is -0.0428. The van der Waals surface area contributed by atoms with E-state index in [1.807, 2.05) is 18.2 Å². The Hall–Kier alpha value is -2.41. The van der Waals surface area contributed by atoms with Crippen molar-refractivity contribution in [2.45, 2.75) is 31.2 Å². The number of nitrogens with zero attached hydrogens (tertiary/aromatic N) is 2. The van der Waals surface area contributed by atoms with Crippen molar-refractivity contribution in [3.8, 4) is 11.4 Å². The summed E-state index contributed by atoms with van der Waals surface area (Å²) in [5.74, 6) is 0. The molecule has 0 aromatic carbocycles. The monoisotopic (exact) mass is 301 g/mol. The van der Waals surface area contributed by atoms with Crippen LogP contribution in [0.5, 0.6) is 0 Å². The number of hydrogen-bond acceptors (Lipinski definition) is 4. The number of aliphatic hydroxyl groups excluding tert-OH is 1. The van der Waals surface area contributed by atoms with Gasteiger partial charge in [0.2, 0.25) is 0 Å². The summed E-state index contributed by atoms with van der Waals surface area (Å²) < 4.78 is 0. The number of aromatic nitrogens is 3. The Morgan fingerprint density at radius 1 is 1.36 bits per heavy atom. The first-order valence-electron chi connectivity index (χ1n) is 7.37. The molecule has 0 bridgehead atoms. The van der Waals surface area contributed by atoms with Crippen molar-refractivity contribution in [1.29, 1.82) is 0 Å². The van der Waals surface area contributed by atoms with Crippen molar-refractivity contribution >= 4 is 11.7 Å². The van der Waals surface area contributed by atoms with Crippen LogP contribution in [0.3, 0.4) is 0 Å². The summed E-state index contributed by atoms with van der Waals surface area (Å²) in [5, 5.41) is 22.0. The van der Waals surface area contributed by atoms with Gasteiger partial charge in [0.05, 0.1) is 29.7 Å². The lowest BCUT2D eigenvalue weighted by molar-refractivity contribution is 0.167. The Kier molecular flexibility index (Phi) is 4.06. The number of H-pyrrole nitrogens is 1. The van der Waals surface area contributed by atoms with Crippen LogP contribution >= 0.6 is 0 Å². The summed E-state index contributed by atoms with van der Waals surface area (Å²) in [7, 11) is 0. The third-order valence-electron chi connectivity index (χ3n) is 4.05. The van der Waals surface area contributed by atoms with E-state index in [2.05, 4.69) is 25.8 Å². The molecule has 0 aliphatic heterocycles. The van der Waals surface area contributed by atoms with E-state index in [4.69, 9.17) is 0 Å². The molecule has 1 fully saturated rings. The molecule has 1 saturated carbocycles. The fourth-order valence-corrected chi connectivity index (χ4v) is 2.86. The quantitative estimate of drug-likeness (QED) is 0.692. The zero-order valence-electron chi connectivity index (χ0n) is 12.2. The number of aliphatic hydroxyl groups is 1. The van der Waals surface area contributed by atoms with Gasteiger partial charge in [0.15, 0.2) is 0 Å². The summed E-state index contributed by atoms with van der Waals surface area (Å²) in [4.78, 5) is 16.5. The average Bonchev–Trinajstić information content (AvgIpc) is 3.18. The molecule has 2 heterocycles. The highest BCUT2D eigenvalue weighted by molar-refractivity contribution is 5.93. The largest absolute Gasteiger partial charge is 0.394 e. The van der Waals surface area contributed by atoms with Gasteiger partial charge < -0.3 is 15.7 Å². The second-order valence-corrected chi connectivity index (χ2v) is 5.60. The van der Waals surface area contributed by atoms with Crippen LogP contribution in [0, 0.1) is 0 Å². The fraction of sp³-hybridized carbons (Fsp3) is 0.400. The Morgan fingerprint density at radius 3 is 2.86 bits per heavy atom. The van der Waals surface area contributed by atoms with Crippen LogP contribution in [0.4, 0.5) is 10.5 Å². The number of anilines is 1. The third-order valence-corrected chi connectivity index (χ3v) is 4.05. The molecule has 0 spiro atoms. The van der Waals surface area contributed by atoms with Gasteiger partial charge in [-0.05, 0) is 25.0 Å². The molecule has 0 saturated heterocycles. The van der Waals surface area contributed by atoms with Crippen molar-refractivity contribution in [2.75, 3.05) is 11.9 Å². The maximum atomic E-state index is 12.2. The van der Waals surface area contributed by atoms with Gasteiger partial charge in [0.25, 0.3) is 0 Å². The molecule has 7 nitrogen and oxygen atoms in total. The van der Waals surface area contributed by atoms with Gasteiger partial charge in [-0.1, -0.05) is 18.9 Å². The number of aromatic amines is 1. The maximum Gasteiger partial charge on any atom is 0.319 e. The highest BCUT2D eigenvalue weighted by Gasteiger charge is 2.34. The van der Waals surface area contributed by atoms with Crippen LogP contribution in [-0.4, -0.2) is 38.5 Å². The molecule has 0 unspecified atom stereocenters. The van der Waals surface area contributed by atoms with E-state index in [9.17, 15) is 9.90 Å². The molecular formula is C15H19N5O2. The number of amides is 2. The van der Waals surface area contributed by atoms with E-state index in [1.54, 1.807) is 12.4 Å². The minimum absolute atomic E-state index is 0.0428. The van der Waals surface area contributed by atoms with Crippen LogP contribution in [0.25, 0.3) is 11.4 Å². The van der Waals surface area contributed by atoms with E-state index in [0.717, 1.165) is 25.7 Å². The summed E-state index contributed by atoms with van der Waals surface area (Å²) in [5.41, 5.74) is 1.41. The van der Waals surface area contributed by atoms with Gasteiger partial charge in [0, 0.05) is 6.20 Å². The molecule has 0 radical (unpaired) electrons. The van der Waals surface area contributed by atoms with E-state index >= 15 is 0 Å². The molecule has 1 aliphatic rings. The molecule has 0 atom stereocenters. The molecule has 7 heteroatoms. The normalized spacial score (nSPS) is 16.4. The van der Waals surface area contributed by atoms with Crippen molar-refractivity contribution in [2.24, 2.45) is 0 Å². The lowest BCUT2D eigenvalue weighted by Crippen LogP contribution is -2.50. The van der Waals surface area contributed by atoms with Gasteiger partial charge in [-0.3, -0.25) is 10.1 Å². The zero-order valence-corrected chi connectivity index (χ0v) is 12.2. The first kappa shape index (κ1) is 14.5. The predicted molar refractivity (Wildman–Crippen MR) is 82.3 cm³/mol. The highest BCUT2D eigenvalue weighted by Crippen LogP contribution is 2.29. The molecule has 4 N–H and O–H groups in total. The number of hydrogen-bond donors (Lipinski definition) is 4. The van der Waals surface area contributed by atoms with Gasteiger partial charge in [-0.25, -0.2) is 4.79 Å². The SMILES string of the molecule is O=C(Nc1cn[nH]c1-c1ccccn1)NC1(CO)CCCC1. The molecule has 116 valence electrons. The minimum Gasteiger partial charge on any atom is -0.394 e. The number of rotatable bonds is 4. The molecule has 1 aliphatic carbocycles. The smallest absolute Gasteiger partial charge is 0.319 e. The minimum atomic E-state index is -0.501. The molecule has 3 rings (SSSR count). The average molecular weight is 301 g/mol. The summed E-state index contributed by atoms with van der Waals surface area (Å²) in [6.07, 6.45) is 6.87. The lowest BCUT2D eigenvalue weighted by atomic mass is 9.99. The third kappa shape index (κ3) is 2.94. The van der Waals surface area contributed by atoms with Crippen LogP contribution in [-0.2, 0) is 0 Å². The Morgan fingerprint density at radius 2 is 2.18 bits per heavy atom. The van der Waals surface area contributed by atoms with Gasteiger partial charge in [0.1, 0.15) is 5.69 Å². The Labute approximate surface area is 128 Å².